The maximum absolute atomic E-state index is 8.11. The number of aliphatic hydroxyl groups is 2. The SMILES string of the molecule is O=NO.OCCOCCO. The Labute approximate surface area is 58.0 Å². The van der Waals surface area contributed by atoms with Gasteiger partial charge in [0.2, 0.25) is 0 Å². The van der Waals surface area contributed by atoms with E-state index < -0.39 is 0 Å². The van der Waals surface area contributed by atoms with Gasteiger partial charge in [0.05, 0.1) is 26.4 Å². The molecule has 62 valence electrons. The van der Waals surface area contributed by atoms with Gasteiger partial charge in [-0.3, -0.25) is 0 Å². The van der Waals surface area contributed by atoms with Crippen LogP contribution < -0.4 is 0 Å². The second-order valence-electron chi connectivity index (χ2n) is 1.14. The minimum atomic E-state index is 0.0278. The van der Waals surface area contributed by atoms with Gasteiger partial charge < -0.3 is 20.2 Å². The molecule has 0 heterocycles. The molecule has 3 N–H and O–H groups in total. The highest BCUT2D eigenvalue weighted by molar-refractivity contribution is 4.24. The molecule has 0 aliphatic heterocycles. The van der Waals surface area contributed by atoms with Crippen LogP contribution in [0.2, 0.25) is 0 Å². The van der Waals surface area contributed by atoms with Gasteiger partial charge in [-0.25, -0.2) is 0 Å². The summed E-state index contributed by atoms with van der Waals surface area (Å²) >= 11 is 0. The van der Waals surface area contributed by atoms with Gasteiger partial charge in [-0.15, -0.1) is 4.91 Å². The van der Waals surface area contributed by atoms with E-state index in [2.05, 4.69) is 4.74 Å². The van der Waals surface area contributed by atoms with Crippen molar-refractivity contribution in [3.05, 3.63) is 4.91 Å². The fraction of sp³-hybridized carbons (Fsp3) is 1.00. The molecule has 0 fully saturated rings. The van der Waals surface area contributed by atoms with Gasteiger partial charge in [0, 0.05) is 0 Å². The molecule has 6 nitrogen and oxygen atoms in total. The third-order valence-corrected chi connectivity index (χ3v) is 0.471. The van der Waals surface area contributed by atoms with Crippen LogP contribution in [0.4, 0.5) is 0 Å². The first-order chi connectivity index (χ1) is 4.83. The van der Waals surface area contributed by atoms with Crippen molar-refractivity contribution in [1.29, 1.82) is 0 Å². The monoisotopic (exact) mass is 153 g/mol. The molecule has 0 aromatic heterocycles. The van der Waals surface area contributed by atoms with Crippen LogP contribution >= 0.6 is 0 Å². The minimum Gasteiger partial charge on any atom is -0.394 e. The molecule has 0 atom stereocenters. The summed E-state index contributed by atoms with van der Waals surface area (Å²) < 4.78 is 4.63. The van der Waals surface area contributed by atoms with Crippen molar-refractivity contribution in [2.45, 2.75) is 0 Å². The van der Waals surface area contributed by atoms with Crippen LogP contribution in [0.1, 0.15) is 0 Å². The molecule has 0 aromatic carbocycles. The van der Waals surface area contributed by atoms with Gasteiger partial charge in [-0.05, 0) is 0 Å². The van der Waals surface area contributed by atoms with E-state index in [-0.39, 0.29) is 13.2 Å². The summed E-state index contributed by atoms with van der Waals surface area (Å²) in [6, 6.07) is 0. The van der Waals surface area contributed by atoms with Crippen molar-refractivity contribution >= 4 is 0 Å². The molecule has 0 aliphatic carbocycles. The second kappa shape index (κ2) is 15.7. The van der Waals surface area contributed by atoms with Crippen molar-refractivity contribution in [1.82, 2.24) is 0 Å². The summed E-state index contributed by atoms with van der Waals surface area (Å²) in [5, 5.41) is 24.1. The van der Waals surface area contributed by atoms with E-state index in [0.29, 0.717) is 13.2 Å². The lowest BCUT2D eigenvalue weighted by molar-refractivity contribution is 0.0650. The molecular formula is C4H11NO5. The molecule has 0 aromatic rings. The fourth-order valence-corrected chi connectivity index (χ4v) is 0.231. The molecule has 0 bridgehead atoms. The van der Waals surface area contributed by atoms with E-state index in [0.717, 1.165) is 0 Å². The Bertz CT molecular complexity index is 55.6. The summed E-state index contributed by atoms with van der Waals surface area (Å²) in [5.41, 5.74) is 0. The standard InChI is InChI=1S/C4H10O3.HNO2/c5-1-3-7-4-2-6;2-1-3/h5-6H,1-4H2;(H,2,3). The number of nitrogens with zero attached hydrogens (tertiary/aromatic N) is 1. The summed E-state index contributed by atoms with van der Waals surface area (Å²) in [4.78, 5) is 8.11. The third kappa shape index (κ3) is 26.7. The normalized spacial score (nSPS) is 7.80. The Balaban J connectivity index is 0. The van der Waals surface area contributed by atoms with E-state index in [4.69, 9.17) is 20.3 Å². The average molecular weight is 153 g/mol. The average Bonchev–Trinajstić information content (AvgIpc) is 1.91. The molecule has 6 heteroatoms. The number of hydrogen-bond donors (Lipinski definition) is 3. The van der Waals surface area contributed by atoms with Crippen LogP contribution in [0.3, 0.4) is 0 Å². The van der Waals surface area contributed by atoms with Gasteiger partial charge in [0.15, 0.2) is 5.34 Å². The second-order valence-corrected chi connectivity index (χ2v) is 1.14. The molecule has 0 unspecified atom stereocenters. The van der Waals surface area contributed by atoms with Crippen molar-refractivity contribution < 1.29 is 20.2 Å². The Morgan fingerprint density at radius 1 is 1.20 bits per heavy atom. The molecule has 10 heavy (non-hydrogen) atoms. The van der Waals surface area contributed by atoms with Crippen molar-refractivity contribution in [3.63, 3.8) is 0 Å². The number of rotatable bonds is 4. The van der Waals surface area contributed by atoms with Crippen LogP contribution in [0.15, 0.2) is 5.34 Å². The fourth-order valence-electron chi connectivity index (χ4n) is 0.231. The van der Waals surface area contributed by atoms with E-state index in [1.807, 2.05) is 0 Å². The molecule has 0 saturated heterocycles. The zero-order chi connectivity index (χ0) is 8.24. The highest BCUT2D eigenvalue weighted by Crippen LogP contribution is 1.68. The van der Waals surface area contributed by atoms with Crippen molar-refractivity contribution in [2.75, 3.05) is 26.4 Å². The Hall–Kier alpha value is -0.720. The number of ether oxygens (including phenoxy) is 1. The highest BCUT2D eigenvalue weighted by atomic mass is 16.6. The maximum atomic E-state index is 8.11. The molecule has 0 amide bonds. The Morgan fingerprint density at radius 2 is 1.50 bits per heavy atom. The van der Waals surface area contributed by atoms with Crippen LogP contribution in [0.25, 0.3) is 0 Å². The Kier molecular flexibility index (Phi) is 18.9. The summed E-state index contributed by atoms with van der Waals surface area (Å²) in [7, 11) is 0. The zero-order valence-corrected chi connectivity index (χ0v) is 5.43. The van der Waals surface area contributed by atoms with Crippen molar-refractivity contribution in [2.24, 2.45) is 5.34 Å². The van der Waals surface area contributed by atoms with Crippen LogP contribution in [-0.2, 0) is 4.74 Å². The predicted octanol–water partition coefficient (Wildman–Crippen LogP) is -0.870. The van der Waals surface area contributed by atoms with Crippen molar-refractivity contribution in [3.8, 4) is 0 Å². The molecule has 0 radical (unpaired) electrons. The zero-order valence-electron chi connectivity index (χ0n) is 5.43. The smallest absolute Gasteiger partial charge is 0.152 e. The van der Waals surface area contributed by atoms with E-state index >= 15 is 0 Å². The maximum Gasteiger partial charge on any atom is 0.152 e. The number of hydrogen-bond acceptors (Lipinski definition) is 5. The molecule has 0 spiro atoms. The third-order valence-electron chi connectivity index (χ3n) is 0.471. The van der Waals surface area contributed by atoms with Gasteiger partial charge in [-0.1, -0.05) is 0 Å². The molecule has 0 aliphatic rings. The van der Waals surface area contributed by atoms with Crippen LogP contribution in [0.5, 0.6) is 0 Å². The van der Waals surface area contributed by atoms with E-state index in [9.17, 15) is 0 Å². The summed E-state index contributed by atoms with van der Waals surface area (Å²) in [6.45, 7) is 0.696. The van der Waals surface area contributed by atoms with Gasteiger partial charge >= 0.3 is 0 Å². The molecule has 0 saturated carbocycles. The topological polar surface area (TPSA) is 99.4 Å². The van der Waals surface area contributed by atoms with Crippen LogP contribution in [-0.4, -0.2) is 41.8 Å². The van der Waals surface area contributed by atoms with Gasteiger partial charge in [0.25, 0.3) is 0 Å². The lowest BCUT2D eigenvalue weighted by Crippen LogP contribution is -2.03. The molecule has 0 rings (SSSR count). The largest absolute Gasteiger partial charge is 0.394 e. The van der Waals surface area contributed by atoms with Gasteiger partial charge in [0.1, 0.15) is 0 Å². The summed E-state index contributed by atoms with van der Waals surface area (Å²) in [5.74, 6) is 0. The van der Waals surface area contributed by atoms with Crippen LogP contribution in [0, 0.1) is 4.91 Å². The van der Waals surface area contributed by atoms with E-state index in [1.165, 1.54) is 5.34 Å². The minimum absolute atomic E-state index is 0.0278. The quantitative estimate of drug-likeness (QED) is 0.277. The number of aliphatic hydroxyl groups excluding tert-OH is 2. The lowest BCUT2D eigenvalue weighted by atomic mass is 10.7. The first-order valence-corrected chi connectivity index (χ1v) is 2.59. The first kappa shape index (κ1) is 12.0. The predicted molar refractivity (Wildman–Crippen MR) is 32.6 cm³/mol. The molecular weight excluding hydrogens is 142 g/mol. The Morgan fingerprint density at radius 3 is 1.70 bits per heavy atom. The summed E-state index contributed by atoms with van der Waals surface area (Å²) in [6.07, 6.45) is 0. The highest BCUT2D eigenvalue weighted by Gasteiger charge is 1.79. The van der Waals surface area contributed by atoms with Gasteiger partial charge in [-0.2, -0.15) is 0 Å². The van der Waals surface area contributed by atoms with E-state index in [1.54, 1.807) is 0 Å². The first-order valence-electron chi connectivity index (χ1n) is 2.59. The lowest BCUT2D eigenvalue weighted by Gasteiger charge is -1.94.